The van der Waals surface area contributed by atoms with Crippen LogP contribution >= 0.6 is 0 Å². The van der Waals surface area contributed by atoms with Gasteiger partial charge in [-0.25, -0.2) is 4.79 Å². The minimum atomic E-state index is -0.888. The topological polar surface area (TPSA) is 37.3 Å². The zero-order valence-electron chi connectivity index (χ0n) is 16.4. The molecule has 2 unspecified atom stereocenters. The van der Waals surface area contributed by atoms with Crippen LogP contribution in [0.4, 0.5) is 0 Å². The molecule has 1 N–H and O–H groups in total. The number of carboxylic acid groups (broad SMARTS) is 1. The molecule has 3 aromatic carbocycles. The first-order valence-electron chi connectivity index (χ1n) is 9.68. The van der Waals surface area contributed by atoms with Gasteiger partial charge in [-0.15, -0.1) is 0 Å². The summed E-state index contributed by atoms with van der Waals surface area (Å²) in [5.74, 6) is 0.349. The molecular formula is C25H26O2. The van der Waals surface area contributed by atoms with E-state index in [1.807, 2.05) is 12.1 Å². The summed E-state index contributed by atoms with van der Waals surface area (Å²) in [6, 6.07) is 18.5. The second kappa shape index (κ2) is 6.23. The number of carbonyl (C=O) groups is 1. The number of hydrogen-bond acceptors (Lipinski definition) is 1. The first-order chi connectivity index (χ1) is 12.8. The molecule has 2 atom stereocenters. The van der Waals surface area contributed by atoms with Crippen molar-refractivity contribution in [1.82, 2.24) is 0 Å². The van der Waals surface area contributed by atoms with E-state index in [-0.39, 0.29) is 5.41 Å². The van der Waals surface area contributed by atoms with Crippen molar-refractivity contribution in [3.63, 3.8) is 0 Å². The number of hydrogen-bond donors (Lipinski definition) is 1. The van der Waals surface area contributed by atoms with Gasteiger partial charge in [-0.2, -0.15) is 0 Å². The lowest BCUT2D eigenvalue weighted by molar-refractivity contribution is 0.0697. The standard InChI is InChI=1S/C25H26O2/c1-15-14-25(3,4)23-10-9-20(13-22(23)16(15)2)18-5-6-19-12-21(24(26)27)8-7-17(19)11-18/h5-13,15-16H,14H2,1-4H3,(H,26,27). The molecule has 0 fully saturated rings. The van der Waals surface area contributed by atoms with Gasteiger partial charge >= 0.3 is 5.97 Å². The molecule has 4 rings (SSSR count). The molecule has 0 spiro atoms. The van der Waals surface area contributed by atoms with Crippen LogP contribution in [0.5, 0.6) is 0 Å². The molecule has 0 saturated carbocycles. The van der Waals surface area contributed by atoms with E-state index in [0.717, 1.165) is 10.8 Å². The Hall–Kier alpha value is -2.61. The number of benzene rings is 3. The molecule has 3 aromatic rings. The van der Waals surface area contributed by atoms with Gasteiger partial charge in [0.25, 0.3) is 0 Å². The van der Waals surface area contributed by atoms with Gasteiger partial charge in [0, 0.05) is 0 Å². The van der Waals surface area contributed by atoms with Gasteiger partial charge in [-0.05, 0) is 74.9 Å². The molecule has 0 saturated heterocycles. The predicted molar refractivity (Wildman–Crippen MR) is 112 cm³/mol. The Morgan fingerprint density at radius 3 is 2.30 bits per heavy atom. The predicted octanol–water partition coefficient (Wildman–Crippen LogP) is 6.63. The zero-order valence-corrected chi connectivity index (χ0v) is 16.4. The Bertz CT molecular complexity index is 1050. The summed E-state index contributed by atoms with van der Waals surface area (Å²) in [5, 5.41) is 11.2. The van der Waals surface area contributed by atoms with Crippen LogP contribution in [0.15, 0.2) is 54.6 Å². The summed E-state index contributed by atoms with van der Waals surface area (Å²) >= 11 is 0. The molecule has 0 aromatic heterocycles. The minimum absolute atomic E-state index is 0.219. The van der Waals surface area contributed by atoms with Gasteiger partial charge < -0.3 is 5.11 Å². The fourth-order valence-electron chi connectivity index (χ4n) is 4.69. The Kier molecular flexibility index (Phi) is 4.10. The average Bonchev–Trinajstić information content (AvgIpc) is 2.64. The Morgan fingerprint density at radius 1 is 0.926 bits per heavy atom. The smallest absolute Gasteiger partial charge is 0.335 e. The van der Waals surface area contributed by atoms with Gasteiger partial charge in [0.15, 0.2) is 0 Å². The molecule has 1 aliphatic rings. The van der Waals surface area contributed by atoms with Crippen molar-refractivity contribution in [1.29, 1.82) is 0 Å². The van der Waals surface area contributed by atoms with Crippen LogP contribution in [0.25, 0.3) is 21.9 Å². The summed E-state index contributed by atoms with van der Waals surface area (Å²) in [5.41, 5.74) is 5.90. The Balaban J connectivity index is 1.80. The summed E-state index contributed by atoms with van der Waals surface area (Å²) in [4.78, 5) is 11.2. The van der Waals surface area contributed by atoms with E-state index < -0.39 is 5.97 Å². The summed E-state index contributed by atoms with van der Waals surface area (Å²) < 4.78 is 0. The van der Waals surface area contributed by atoms with Crippen molar-refractivity contribution < 1.29 is 9.90 Å². The molecule has 2 heteroatoms. The van der Waals surface area contributed by atoms with Crippen LogP contribution in [0.2, 0.25) is 0 Å². The zero-order chi connectivity index (χ0) is 19.3. The quantitative estimate of drug-likeness (QED) is 0.558. The fourth-order valence-corrected chi connectivity index (χ4v) is 4.69. The van der Waals surface area contributed by atoms with E-state index in [9.17, 15) is 9.90 Å². The first-order valence-corrected chi connectivity index (χ1v) is 9.68. The SMILES string of the molecule is CC1CC(C)(C)c2ccc(-c3ccc4cc(C(=O)O)ccc4c3)cc2C1C. The molecule has 0 radical (unpaired) electrons. The van der Waals surface area contributed by atoms with E-state index in [2.05, 4.69) is 58.0 Å². The van der Waals surface area contributed by atoms with Gasteiger partial charge in [0.1, 0.15) is 0 Å². The largest absolute Gasteiger partial charge is 0.478 e. The number of fused-ring (bicyclic) bond motifs is 2. The molecule has 2 nitrogen and oxygen atoms in total. The van der Waals surface area contributed by atoms with Crippen LogP contribution in [-0.4, -0.2) is 11.1 Å². The first kappa shape index (κ1) is 17.8. The van der Waals surface area contributed by atoms with E-state index in [1.54, 1.807) is 12.1 Å². The van der Waals surface area contributed by atoms with Crippen molar-refractivity contribution in [2.24, 2.45) is 5.92 Å². The van der Waals surface area contributed by atoms with Gasteiger partial charge in [0.2, 0.25) is 0 Å². The second-order valence-electron chi connectivity index (χ2n) is 8.74. The highest BCUT2D eigenvalue weighted by Gasteiger charge is 2.35. The molecule has 0 amide bonds. The van der Waals surface area contributed by atoms with E-state index in [4.69, 9.17) is 0 Å². The number of aromatic carboxylic acids is 1. The fraction of sp³-hybridized carbons (Fsp3) is 0.320. The highest BCUT2D eigenvalue weighted by Crippen LogP contribution is 2.46. The molecule has 0 heterocycles. The molecule has 0 bridgehead atoms. The van der Waals surface area contributed by atoms with Crippen LogP contribution in [-0.2, 0) is 5.41 Å². The normalized spacial score (nSPS) is 21.0. The van der Waals surface area contributed by atoms with Gasteiger partial charge in [-0.1, -0.05) is 64.1 Å². The summed E-state index contributed by atoms with van der Waals surface area (Å²) in [6.45, 7) is 9.41. The average molecular weight is 358 g/mol. The lowest BCUT2D eigenvalue weighted by Crippen LogP contribution is -2.30. The molecule has 0 aliphatic heterocycles. The molecular weight excluding hydrogens is 332 g/mol. The third-order valence-electron chi connectivity index (χ3n) is 6.38. The monoisotopic (exact) mass is 358 g/mol. The van der Waals surface area contributed by atoms with Crippen molar-refractivity contribution in [3.8, 4) is 11.1 Å². The second-order valence-corrected chi connectivity index (χ2v) is 8.74. The van der Waals surface area contributed by atoms with Crippen molar-refractivity contribution in [3.05, 3.63) is 71.3 Å². The van der Waals surface area contributed by atoms with Crippen LogP contribution in [0.1, 0.15) is 61.5 Å². The van der Waals surface area contributed by atoms with Gasteiger partial charge in [-0.3, -0.25) is 0 Å². The van der Waals surface area contributed by atoms with Crippen molar-refractivity contribution >= 4 is 16.7 Å². The number of carboxylic acids is 1. The maximum atomic E-state index is 11.2. The van der Waals surface area contributed by atoms with E-state index in [1.165, 1.54) is 28.7 Å². The van der Waals surface area contributed by atoms with Crippen molar-refractivity contribution in [2.75, 3.05) is 0 Å². The van der Waals surface area contributed by atoms with E-state index in [0.29, 0.717) is 17.4 Å². The lowest BCUT2D eigenvalue weighted by Gasteiger charge is -2.40. The summed E-state index contributed by atoms with van der Waals surface area (Å²) in [7, 11) is 0. The highest BCUT2D eigenvalue weighted by molar-refractivity contribution is 5.95. The maximum Gasteiger partial charge on any atom is 0.335 e. The lowest BCUT2D eigenvalue weighted by atomic mass is 9.64. The molecule has 138 valence electrons. The maximum absolute atomic E-state index is 11.2. The number of rotatable bonds is 2. The van der Waals surface area contributed by atoms with Crippen LogP contribution < -0.4 is 0 Å². The molecule has 27 heavy (non-hydrogen) atoms. The van der Waals surface area contributed by atoms with Crippen LogP contribution in [0, 0.1) is 5.92 Å². The van der Waals surface area contributed by atoms with Gasteiger partial charge in [0.05, 0.1) is 5.56 Å². The molecule has 1 aliphatic carbocycles. The van der Waals surface area contributed by atoms with Crippen LogP contribution in [0.3, 0.4) is 0 Å². The third-order valence-corrected chi connectivity index (χ3v) is 6.38. The Morgan fingerprint density at radius 2 is 1.56 bits per heavy atom. The third kappa shape index (κ3) is 3.03. The van der Waals surface area contributed by atoms with Crippen molar-refractivity contribution in [2.45, 2.75) is 45.4 Å². The highest BCUT2D eigenvalue weighted by atomic mass is 16.4. The minimum Gasteiger partial charge on any atom is -0.478 e. The Labute approximate surface area is 160 Å². The van der Waals surface area contributed by atoms with E-state index >= 15 is 0 Å². The summed E-state index contributed by atoms with van der Waals surface area (Å²) in [6.07, 6.45) is 1.22.